The van der Waals surface area contributed by atoms with Crippen molar-refractivity contribution in [2.45, 2.75) is 49.9 Å². The molecule has 130 valence electrons. The maximum absolute atomic E-state index is 12.2. The monoisotopic (exact) mass is 350 g/mol. The number of hydrogen-bond acceptors (Lipinski definition) is 7. The van der Waals surface area contributed by atoms with Crippen LogP contribution in [0.2, 0.25) is 0 Å². The van der Waals surface area contributed by atoms with Crippen LogP contribution in [0.1, 0.15) is 25.7 Å². The van der Waals surface area contributed by atoms with Crippen LogP contribution in [0.4, 0.5) is 4.79 Å². The van der Waals surface area contributed by atoms with Gasteiger partial charge in [0.15, 0.2) is 0 Å². The fourth-order valence-electron chi connectivity index (χ4n) is 2.95. The van der Waals surface area contributed by atoms with Gasteiger partial charge in [-0.05, 0) is 25.7 Å². The molecule has 3 aliphatic rings. The van der Waals surface area contributed by atoms with E-state index < -0.39 is 34.4 Å². The van der Waals surface area contributed by atoms with Gasteiger partial charge in [0.25, 0.3) is 5.91 Å². The maximum Gasteiger partial charge on any atom is 0.418 e. The smallest absolute Gasteiger partial charge is 0.325 e. The third kappa shape index (κ3) is 3.26. The van der Waals surface area contributed by atoms with E-state index in [1.165, 1.54) is 4.90 Å². The molecule has 0 radical (unpaired) electrons. The summed E-state index contributed by atoms with van der Waals surface area (Å²) >= 11 is 0. The van der Waals surface area contributed by atoms with Gasteiger partial charge in [-0.15, -0.1) is 4.28 Å². The fraction of sp³-hybridized carbons (Fsp3) is 0.818. The normalized spacial score (nSPS) is 33.6. The van der Waals surface area contributed by atoms with Crippen LogP contribution in [0.15, 0.2) is 0 Å². The number of urea groups is 1. The molecule has 1 saturated carbocycles. The largest absolute Gasteiger partial charge is 0.418 e. The number of nitrogens with one attached hydrogen (secondary N) is 1. The Morgan fingerprint density at radius 1 is 1.30 bits per heavy atom. The predicted molar refractivity (Wildman–Crippen MR) is 73.6 cm³/mol. The second kappa shape index (κ2) is 5.87. The van der Waals surface area contributed by atoms with Crippen LogP contribution in [0.3, 0.4) is 0 Å². The van der Waals surface area contributed by atoms with Gasteiger partial charge in [-0.3, -0.25) is 14.2 Å². The lowest BCUT2D eigenvalue weighted by Gasteiger charge is -2.34. The van der Waals surface area contributed by atoms with E-state index in [9.17, 15) is 18.0 Å². The predicted octanol–water partition coefficient (Wildman–Crippen LogP) is -1.47. The summed E-state index contributed by atoms with van der Waals surface area (Å²) in [6.07, 6.45) is 2.04. The zero-order valence-corrected chi connectivity index (χ0v) is 12.9. The first-order chi connectivity index (χ1) is 10.8. The summed E-state index contributed by atoms with van der Waals surface area (Å²) in [5.41, 5.74) is 8.01. The number of carbonyl (C=O) groups excluding carboxylic acids is 2. The molecule has 0 aromatic rings. The Labute approximate surface area is 132 Å². The van der Waals surface area contributed by atoms with E-state index in [0.717, 1.165) is 12.8 Å². The molecule has 0 aromatic carbocycles. The zero-order chi connectivity index (χ0) is 16.8. The van der Waals surface area contributed by atoms with Crippen LogP contribution in [-0.2, 0) is 24.3 Å². The number of rotatable bonds is 5. The Kier molecular flexibility index (Phi) is 4.18. The SMILES string of the molecule is NC1CCC1ONC(=O)[C@@H]1CC[C@@H]2CN1C(=O)N2OS(=O)(=O)O. The topological polar surface area (TPSA) is 151 Å². The maximum atomic E-state index is 12.2. The van der Waals surface area contributed by atoms with E-state index in [-0.39, 0.29) is 18.7 Å². The first kappa shape index (κ1) is 16.4. The highest BCUT2D eigenvalue weighted by molar-refractivity contribution is 7.80. The van der Waals surface area contributed by atoms with Crippen LogP contribution in [0.25, 0.3) is 0 Å². The highest BCUT2D eigenvalue weighted by atomic mass is 32.3. The number of nitrogens with zero attached hydrogens (tertiary/aromatic N) is 2. The summed E-state index contributed by atoms with van der Waals surface area (Å²) < 4.78 is 34.6. The minimum atomic E-state index is -4.80. The summed E-state index contributed by atoms with van der Waals surface area (Å²) in [5, 5.41) is 0.589. The molecule has 2 bridgehead atoms. The Bertz CT molecular complexity index is 611. The van der Waals surface area contributed by atoms with Crippen molar-refractivity contribution in [2.75, 3.05) is 6.54 Å². The molecule has 1 aliphatic carbocycles. The molecule has 3 rings (SSSR count). The molecule has 23 heavy (non-hydrogen) atoms. The second-order valence-electron chi connectivity index (χ2n) is 5.87. The summed E-state index contributed by atoms with van der Waals surface area (Å²) in [4.78, 5) is 30.7. The van der Waals surface area contributed by atoms with Crippen molar-refractivity contribution in [1.29, 1.82) is 0 Å². The molecule has 4 N–H and O–H groups in total. The van der Waals surface area contributed by atoms with Gasteiger partial charge < -0.3 is 10.6 Å². The fourth-order valence-corrected chi connectivity index (χ4v) is 3.34. The number of nitrogens with two attached hydrogens (primary N) is 1. The van der Waals surface area contributed by atoms with Crippen molar-refractivity contribution < 1.29 is 31.7 Å². The van der Waals surface area contributed by atoms with Crippen molar-refractivity contribution in [3.05, 3.63) is 0 Å². The molecule has 0 aromatic heterocycles. The highest BCUT2D eigenvalue weighted by Gasteiger charge is 2.49. The van der Waals surface area contributed by atoms with Gasteiger partial charge in [0.2, 0.25) is 0 Å². The van der Waals surface area contributed by atoms with Crippen LogP contribution in [-0.4, -0.2) is 65.6 Å². The standard InChI is InChI=1S/C11H18N4O7S/c12-7-2-4-9(7)21-13-10(16)8-3-1-6-5-14(8)11(17)15(6)22-23(18,19)20/h6-9H,1-5,12H2,(H,13,16)(H,18,19,20)/t6-,7?,8+,9?/m1/s1. The van der Waals surface area contributed by atoms with Gasteiger partial charge in [-0.25, -0.2) is 10.3 Å². The number of piperidine rings is 1. The molecule has 0 spiro atoms. The summed E-state index contributed by atoms with van der Waals surface area (Å²) in [5.74, 6) is -0.496. The third-order valence-electron chi connectivity index (χ3n) is 4.37. The van der Waals surface area contributed by atoms with Crippen LogP contribution in [0, 0.1) is 0 Å². The zero-order valence-electron chi connectivity index (χ0n) is 12.1. The second-order valence-corrected chi connectivity index (χ2v) is 6.88. The van der Waals surface area contributed by atoms with Gasteiger partial charge >= 0.3 is 16.4 Å². The molecule has 4 atom stereocenters. The summed E-state index contributed by atoms with van der Waals surface area (Å²) in [6, 6.07) is -2.22. The van der Waals surface area contributed by atoms with Crippen molar-refractivity contribution in [1.82, 2.24) is 15.4 Å². The molecule has 3 amide bonds. The van der Waals surface area contributed by atoms with E-state index >= 15 is 0 Å². The van der Waals surface area contributed by atoms with E-state index in [0.29, 0.717) is 17.9 Å². The summed E-state index contributed by atoms with van der Waals surface area (Å²) in [7, 11) is -4.80. The van der Waals surface area contributed by atoms with Crippen LogP contribution in [0.5, 0.6) is 0 Å². The van der Waals surface area contributed by atoms with Crippen molar-refractivity contribution in [3.8, 4) is 0 Å². The van der Waals surface area contributed by atoms with E-state index in [4.69, 9.17) is 15.1 Å². The highest BCUT2D eigenvalue weighted by Crippen LogP contribution is 2.30. The first-order valence-corrected chi connectivity index (χ1v) is 8.60. The van der Waals surface area contributed by atoms with Crippen molar-refractivity contribution in [2.24, 2.45) is 5.73 Å². The lowest BCUT2D eigenvalue weighted by molar-refractivity contribution is -0.149. The van der Waals surface area contributed by atoms with E-state index in [2.05, 4.69) is 9.76 Å². The van der Waals surface area contributed by atoms with Gasteiger partial charge in [-0.2, -0.15) is 13.5 Å². The average Bonchev–Trinajstić information content (AvgIpc) is 2.69. The number of amides is 3. The molecule has 2 heterocycles. The van der Waals surface area contributed by atoms with Crippen LogP contribution >= 0.6 is 0 Å². The van der Waals surface area contributed by atoms with Crippen molar-refractivity contribution >= 4 is 22.3 Å². The molecule has 2 saturated heterocycles. The molecule has 11 nitrogen and oxygen atoms in total. The van der Waals surface area contributed by atoms with Gasteiger partial charge in [0.05, 0.1) is 6.04 Å². The minimum Gasteiger partial charge on any atom is -0.325 e. The van der Waals surface area contributed by atoms with E-state index in [1.807, 2.05) is 0 Å². The quantitative estimate of drug-likeness (QED) is 0.401. The molecular weight excluding hydrogens is 332 g/mol. The van der Waals surface area contributed by atoms with E-state index in [1.54, 1.807) is 0 Å². The van der Waals surface area contributed by atoms with Gasteiger partial charge in [0.1, 0.15) is 12.1 Å². The first-order valence-electron chi connectivity index (χ1n) is 7.24. The average molecular weight is 350 g/mol. The third-order valence-corrected chi connectivity index (χ3v) is 4.72. The Hall–Kier alpha value is -1.47. The van der Waals surface area contributed by atoms with Crippen LogP contribution < -0.4 is 11.2 Å². The molecule has 2 aliphatic heterocycles. The number of carbonyl (C=O) groups is 2. The number of fused-ring (bicyclic) bond motifs is 2. The molecule has 2 unspecified atom stereocenters. The Balaban J connectivity index is 1.60. The number of hydroxylamine groups is 3. The molecule has 3 fully saturated rings. The van der Waals surface area contributed by atoms with Crippen molar-refractivity contribution in [3.63, 3.8) is 0 Å². The molecular formula is C11H18N4O7S. The lowest BCUT2D eigenvalue weighted by Crippen LogP contribution is -2.53. The van der Waals surface area contributed by atoms with Gasteiger partial charge in [-0.1, -0.05) is 0 Å². The molecule has 12 heteroatoms. The number of hydrogen-bond donors (Lipinski definition) is 3. The summed E-state index contributed by atoms with van der Waals surface area (Å²) in [6.45, 7) is 0.134. The Morgan fingerprint density at radius 2 is 2.04 bits per heavy atom. The minimum absolute atomic E-state index is 0.113. The Morgan fingerprint density at radius 3 is 2.61 bits per heavy atom. The van der Waals surface area contributed by atoms with Gasteiger partial charge in [0, 0.05) is 12.6 Å². The lowest BCUT2D eigenvalue weighted by atomic mass is 9.90.